The molecule has 0 saturated carbocycles. The number of methoxy groups -OCH3 is 1. The fourth-order valence-electron chi connectivity index (χ4n) is 1.99. The number of rotatable bonds is 5. The van der Waals surface area contributed by atoms with Crippen molar-refractivity contribution in [2.75, 3.05) is 19.0 Å². The Morgan fingerprint density at radius 3 is 2.57 bits per heavy atom. The van der Waals surface area contributed by atoms with Gasteiger partial charge in [0.15, 0.2) is 5.82 Å². The molecule has 2 aromatic rings. The van der Waals surface area contributed by atoms with Crippen LogP contribution in [-0.4, -0.2) is 23.6 Å². The lowest BCUT2D eigenvalue weighted by Gasteiger charge is -2.13. The Kier molecular flexibility index (Phi) is 5.58. The van der Waals surface area contributed by atoms with Crippen LogP contribution in [0.3, 0.4) is 0 Å². The molecule has 0 saturated heterocycles. The molecule has 0 radical (unpaired) electrons. The highest BCUT2D eigenvalue weighted by atomic mass is 79.9. The Morgan fingerprint density at radius 1 is 1.19 bits per heavy atom. The number of halogens is 2. The van der Waals surface area contributed by atoms with E-state index in [1.807, 2.05) is 25.1 Å². The van der Waals surface area contributed by atoms with Crippen molar-refractivity contribution in [1.82, 2.24) is 9.97 Å². The van der Waals surface area contributed by atoms with Crippen molar-refractivity contribution in [3.63, 3.8) is 0 Å². The zero-order valence-electron chi connectivity index (χ0n) is 12.2. The smallest absolute Gasteiger partial charge is 0.165 e. The average Bonchev–Trinajstić information content (AvgIpc) is 2.49. The van der Waals surface area contributed by atoms with Crippen molar-refractivity contribution in [2.24, 2.45) is 0 Å². The van der Waals surface area contributed by atoms with Crippen LogP contribution in [0.25, 0.3) is 11.4 Å². The second kappa shape index (κ2) is 7.22. The maximum atomic E-state index is 5.43. The molecule has 0 aliphatic carbocycles. The highest BCUT2D eigenvalue weighted by Crippen LogP contribution is 2.33. The highest BCUT2D eigenvalue weighted by molar-refractivity contribution is 9.11. The predicted molar refractivity (Wildman–Crippen MR) is 93.0 cm³/mol. The lowest BCUT2D eigenvalue weighted by Crippen LogP contribution is -2.06. The molecule has 4 nitrogen and oxygen atoms in total. The van der Waals surface area contributed by atoms with Crippen molar-refractivity contribution in [3.05, 3.63) is 32.8 Å². The van der Waals surface area contributed by atoms with Gasteiger partial charge in [0.1, 0.15) is 11.6 Å². The highest BCUT2D eigenvalue weighted by Gasteiger charge is 2.15. The molecular weight excluding hydrogens is 398 g/mol. The van der Waals surface area contributed by atoms with Gasteiger partial charge in [-0.2, -0.15) is 0 Å². The summed E-state index contributed by atoms with van der Waals surface area (Å²) in [5.74, 6) is 2.22. The van der Waals surface area contributed by atoms with Crippen LogP contribution in [0.1, 0.15) is 19.5 Å². The third-order valence-electron chi connectivity index (χ3n) is 3.00. The molecule has 21 heavy (non-hydrogen) atoms. The quantitative estimate of drug-likeness (QED) is 0.771. The summed E-state index contributed by atoms with van der Waals surface area (Å²) in [5.41, 5.74) is 1.84. The Labute approximate surface area is 141 Å². The molecule has 0 bridgehead atoms. The summed E-state index contributed by atoms with van der Waals surface area (Å²) in [6.45, 7) is 4.91. The molecule has 6 heteroatoms. The second-order valence-electron chi connectivity index (χ2n) is 4.38. The van der Waals surface area contributed by atoms with Crippen LogP contribution in [-0.2, 0) is 6.42 Å². The van der Waals surface area contributed by atoms with Crippen molar-refractivity contribution in [3.8, 4) is 17.1 Å². The monoisotopic (exact) mass is 413 g/mol. The molecule has 0 unspecified atom stereocenters. The van der Waals surface area contributed by atoms with Crippen molar-refractivity contribution < 1.29 is 4.74 Å². The number of nitrogens with zero attached hydrogens (tertiary/aromatic N) is 2. The maximum Gasteiger partial charge on any atom is 0.165 e. The number of anilines is 1. The van der Waals surface area contributed by atoms with Gasteiger partial charge in [0.2, 0.25) is 0 Å². The minimum Gasteiger partial charge on any atom is -0.496 e. The first kappa shape index (κ1) is 16.2. The van der Waals surface area contributed by atoms with Gasteiger partial charge in [0.25, 0.3) is 0 Å². The van der Waals surface area contributed by atoms with E-state index < -0.39 is 0 Å². The Balaban J connectivity index is 2.63. The predicted octanol–water partition coefficient (Wildman–Crippen LogP) is 4.67. The number of ether oxygens (including phenoxy) is 1. The number of nitrogens with one attached hydrogen (secondary N) is 1. The van der Waals surface area contributed by atoms with Gasteiger partial charge in [-0.1, -0.05) is 22.9 Å². The minimum absolute atomic E-state index is 0.657. The molecule has 0 amide bonds. The topological polar surface area (TPSA) is 47.0 Å². The Bertz CT molecular complexity index is 647. The third kappa shape index (κ3) is 3.55. The van der Waals surface area contributed by atoms with Gasteiger partial charge in [0.05, 0.1) is 22.8 Å². The fourth-order valence-corrected chi connectivity index (χ4v) is 2.95. The van der Waals surface area contributed by atoms with Crippen LogP contribution >= 0.6 is 31.9 Å². The standard InChI is InChI=1S/C15H17Br2N3O/c1-4-11-13(17)15(18-5-2)20-14(19-11)10-8-9(16)6-7-12(10)21-3/h6-8H,4-5H2,1-3H3,(H,18,19,20). The Morgan fingerprint density at radius 2 is 1.95 bits per heavy atom. The zero-order chi connectivity index (χ0) is 15.4. The van der Waals surface area contributed by atoms with Gasteiger partial charge in [-0.15, -0.1) is 0 Å². The summed E-state index contributed by atoms with van der Waals surface area (Å²) in [6.07, 6.45) is 0.824. The lowest BCUT2D eigenvalue weighted by atomic mass is 10.1. The van der Waals surface area contributed by atoms with Crippen LogP contribution in [0.5, 0.6) is 5.75 Å². The van der Waals surface area contributed by atoms with Crippen LogP contribution < -0.4 is 10.1 Å². The van der Waals surface area contributed by atoms with Gasteiger partial charge in [-0.25, -0.2) is 9.97 Å². The molecule has 1 N–H and O–H groups in total. The normalized spacial score (nSPS) is 10.5. The van der Waals surface area contributed by atoms with Gasteiger partial charge in [-0.3, -0.25) is 0 Å². The summed E-state index contributed by atoms with van der Waals surface area (Å²) in [7, 11) is 1.65. The van der Waals surface area contributed by atoms with Gasteiger partial charge < -0.3 is 10.1 Å². The largest absolute Gasteiger partial charge is 0.496 e. The number of benzene rings is 1. The van der Waals surface area contributed by atoms with E-state index in [1.54, 1.807) is 7.11 Å². The lowest BCUT2D eigenvalue weighted by molar-refractivity contribution is 0.416. The van der Waals surface area contributed by atoms with Gasteiger partial charge in [0, 0.05) is 11.0 Å². The minimum atomic E-state index is 0.657. The number of aromatic nitrogens is 2. The van der Waals surface area contributed by atoms with Gasteiger partial charge in [-0.05, 0) is 47.5 Å². The third-order valence-corrected chi connectivity index (χ3v) is 4.33. The maximum absolute atomic E-state index is 5.43. The van der Waals surface area contributed by atoms with Crippen molar-refractivity contribution in [1.29, 1.82) is 0 Å². The molecule has 1 heterocycles. The first-order chi connectivity index (χ1) is 10.1. The number of aryl methyl sites for hydroxylation is 1. The molecule has 0 aliphatic heterocycles. The zero-order valence-corrected chi connectivity index (χ0v) is 15.4. The molecule has 0 atom stereocenters. The molecule has 0 fully saturated rings. The van der Waals surface area contributed by atoms with Crippen molar-refractivity contribution in [2.45, 2.75) is 20.3 Å². The van der Waals surface area contributed by atoms with Gasteiger partial charge >= 0.3 is 0 Å². The first-order valence-electron chi connectivity index (χ1n) is 6.74. The molecule has 1 aromatic carbocycles. The summed E-state index contributed by atoms with van der Waals surface area (Å²) in [6, 6.07) is 5.81. The van der Waals surface area contributed by atoms with E-state index in [2.05, 4.69) is 54.1 Å². The molecule has 1 aromatic heterocycles. The first-order valence-corrected chi connectivity index (χ1v) is 8.33. The van der Waals surface area contributed by atoms with E-state index in [4.69, 9.17) is 4.74 Å². The van der Waals surface area contributed by atoms with E-state index in [9.17, 15) is 0 Å². The van der Waals surface area contributed by atoms with E-state index in [1.165, 1.54) is 0 Å². The Hall–Kier alpha value is -1.14. The van der Waals surface area contributed by atoms with Crippen LogP contribution in [0.4, 0.5) is 5.82 Å². The van der Waals surface area contributed by atoms with E-state index in [0.29, 0.717) is 5.82 Å². The van der Waals surface area contributed by atoms with Crippen molar-refractivity contribution >= 4 is 37.7 Å². The average molecular weight is 415 g/mol. The van der Waals surface area contributed by atoms with Crippen LogP contribution in [0.2, 0.25) is 0 Å². The summed E-state index contributed by atoms with van der Waals surface area (Å²) in [4.78, 5) is 9.28. The fraction of sp³-hybridized carbons (Fsp3) is 0.333. The number of hydrogen-bond donors (Lipinski definition) is 1. The number of hydrogen-bond acceptors (Lipinski definition) is 4. The summed E-state index contributed by atoms with van der Waals surface area (Å²) >= 11 is 7.06. The molecular formula is C15H17Br2N3O. The molecule has 0 spiro atoms. The molecule has 2 rings (SSSR count). The summed E-state index contributed by atoms with van der Waals surface area (Å²) in [5, 5.41) is 3.26. The summed E-state index contributed by atoms with van der Waals surface area (Å²) < 4.78 is 7.31. The SMILES string of the molecule is CCNc1nc(-c2cc(Br)ccc2OC)nc(CC)c1Br. The molecule has 112 valence electrons. The van der Waals surface area contributed by atoms with E-state index in [0.717, 1.165) is 44.7 Å². The van der Waals surface area contributed by atoms with Crippen LogP contribution in [0, 0.1) is 0 Å². The van der Waals surface area contributed by atoms with E-state index in [-0.39, 0.29) is 0 Å². The van der Waals surface area contributed by atoms with Crippen LogP contribution in [0.15, 0.2) is 27.1 Å². The van der Waals surface area contributed by atoms with E-state index >= 15 is 0 Å². The second-order valence-corrected chi connectivity index (χ2v) is 6.09. The molecule has 0 aliphatic rings.